The first-order valence-corrected chi connectivity index (χ1v) is 3.73. The molecule has 0 aromatic carbocycles. The molecule has 11 heavy (non-hydrogen) atoms. The zero-order valence-corrected chi connectivity index (χ0v) is 6.64. The van der Waals surface area contributed by atoms with Crippen molar-refractivity contribution < 1.29 is 20.1 Å². The van der Waals surface area contributed by atoms with Crippen molar-refractivity contribution in [1.82, 2.24) is 0 Å². The summed E-state index contributed by atoms with van der Waals surface area (Å²) < 4.78 is 5.10. The van der Waals surface area contributed by atoms with E-state index in [0.29, 0.717) is 0 Å². The average Bonchev–Trinajstić information content (AvgIpc) is 2.17. The molecule has 4 heteroatoms. The Hall–Kier alpha value is -0.160. The third kappa shape index (κ3) is 1.54. The number of aliphatic hydroxyl groups excluding tert-OH is 3. The summed E-state index contributed by atoms with van der Waals surface area (Å²) in [6.45, 7) is 3.19. The van der Waals surface area contributed by atoms with Crippen LogP contribution in [-0.4, -0.2) is 45.8 Å². The minimum Gasteiger partial charge on any atom is -0.391 e. The average molecular weight is 162 g/mol. The second-order valence-corrected chi connectivity index (χ2v) is 3.03. The van der Waals surface area contributed by atoms with Crippen LogP contribution in [0.5, 0.6) is 0 Å². The van der Waals surface area contributed by atoms with Gasteiger partial charge in [-0.3, -0.25) is 0 Å². The van der Waals surface area contributed by atoms with Crippen molar-refractivity contribution in [2.45, 2.75) is 44.4 Å². The Morgan fingerprint density at radius 1 is 1.27 bits per heavy atom. The lowest BCUT2D eigenvalue weighted by atomic mass is 10.1. The van der Waals surface area contributed by atoms with E-state index in [-0.39, 0.29) is 0 Å². The molecule has 1 unspecified atom stereocenters. The van der Waals surface area contributed by atoms with Crippen molar-refractivity contribution in [2.75, 3.05) is 0 Å². The number of aliphatic hydroxyl groups is 3. The molecule has 0 amide bonds. The summed E-state index contributed by atoms with van der Waals surface area (Å²) in [6, 6.07) is 0. The van der Waals surface area contributed by atoms with E-state index in [1.807, 2.05) is 0 Å². The van der Waals surface area contributed by atoms with E-state index < -0.39 is 30.5 Å². The molecular weight excluding hydrogens is 148 g/mol. The Morgan fingerprint density at radius 3 is 2.00 bits per heavy atom. The molecule has 1 saturated heterocycles. The highest BCUT2D eigenvalue weighted by molar-refractivity contribution is 4.90. The van der Waals surface area contributed by atoms with E-state index in [4.69, 9.17) is 9.84 Å². The molecule has 1 aliphatic rings. The van der Waals surface area contributed by atoms with Gasteiger partial charge in [-0.2, -0.15) is 0 Å². The molecule has 1 fully saturated rings. The minimum atomic E-state index is -0.968. The fraction of sp³-hybridized carbons (Fsp3) is 1.00. The van der Waals surface area contributed by atoms with Crippen LogP contribution >= 0.6 is 0 Å². The molecule has 3 N–H and O–H groups in total. The standard InChI is InChI=1S/C7H14O4/c1-3(8)7-6(10)5(9)4(2)11-7/h3-10H,1-2H3/t3-,4+,5?,6-,7-/m1/s1. The predicted molar refractivity (Wildman–Crippen MR) is 38.0 cm³/mol. The number of ether oxygens (including phenoxy) is 1. The molecule has 0 radical (unpaired) electrons. The molecule has 1 heterocycles. The van der Waals surface area contributed by atoms with Gasteiger partial charge in [0, 0.05) is 0 Å². The first kappa shape index (κ1) is 8.93. The largest absolute Gasteiger partial charge is 0.391 e. The molecule has 0 aliphatic carbocycles. The number of hydrogen-bond acceptors (Lipinski definition) is 4. The van der Waals surface area contributed by atoms with Crippen LogP contribution in [0.3, 0.4) is 0 Å². The Balaban J connectivity index is 2.59. The van der Waals surface area contributed by atoms with Gasteiger partial charge in [0.25, 0.3) is 0 Å². The molecule has 0 aromatic rings. The predicted octanol–water partition coefficient (Wildman–Crippen LogP) is -1.12. The summed E-state index contributed by atoms with van der Waals surface area (Å²) in [6.07, 6.45) is -3.64. The SMILES string of the molecule is C[C@@H]1O[C@H]([C@@H](C)O)[C@H](O)C1O. The molecule has 1 aliphatic heterocycles. The third-order valence-electron chi connectivity index (χ3n) is 2.01. The van der Waals surface area contributed by atoms with Gasteiger partial charge in [0.1, 0.15) is 18.3 Å². The Bertz CT molecular complexity index is 136. The minimum absolute atomic E-state index is 0.399. The molecule has 0 saturated carbocycles. The van der Waals surface area contributed by atoms with E-state index in [1.165, 1.54) is 6.92 Å². The highest BCUT2D eigenvalue weighted by atomic mass is 16.6. The number of rotatable bonds is 1. The molecule has 0 aromatic heterocycles. The zero-order chi connectivity index (χ0) is 8.59. The molecular formula is C7H14O4. The summed E-state index contributed by atoms with van der Waals surface area (Å²) in [7, 11) is 0. The number of hydrogen-bond donors (Lipinski definition) is 3. The van der Waals surface area contributed by atoms with Crippen LogP contribution in [0.25, 0.3) is 0 Å². The molecule has 5 atom stereocenters. The van der Waals surface area contributed by atoms with Crippen molar-refractivity contribution in [3.05, 3.63) is 0 Å². The van der Waals surface area contributed by atoms with Crippen molar-refractivity contribution >= 4 is 0 Å². The Morgan fingerprint density at radius 2 is 1.82 bits per heavy atom. The van der Waals surface area contributed by atoms with Crippen LogP contribution in [0, 0.1) is 0 Å². The fourth-order valence-electron chi connectivity index (χ4n) is 1.28. The smallest absolute Gasteiger partial charge is 0.112 e. The topological polar surface area (TPSA) is 69.9 Å². The van der Waals surface area contributed by atoms with E-state index >= 15 is 0 Å². The summed E-state index contributed by atoms with van der Waals surface area (Å²) in [5, 5.41) is 27.5. The van der Waals surface area contributed by atoms with E-state index in [2.05, 4.69) is 0 Å². The van der Waals surface area contributed by atoms with Gasteiger partial charge in [-0.1, -0.05) is 0 Å². The normalized spacial score (nSPS) is 47.7. The highest BCUT2D eigenvalue weighted by Crippen LogP contribution is 2.22. The lowest BCUT2D eigenvalue weighted by Crippen LogP contribution is -2.37. The molecule has 0 bridgehead atoms. The lowest BCUT2D eigenvalue weighted by molar-refractivity contribution is -0.0546. The molecule has 4 nitrogen and oxygen atoms in total. The van der Waals surface area contributed by atoms with Crippen molar-refractivity contribution in [3.63, 3.8) is 0 Å². The second-order valence-electron chi connectivity index (χ2n) is 3.03. The first-order chi connectivity index (χ1) is 5.04. The van der Waals surface area contributed by atoms with Crippen molar-refractivity contribution in [2.24, 2.45) is 0 Å². The zero-order valence-electron chi connectivity index (χ0n) is 6.64. The summed E-state index contributed by atoms with van der Waals surface area (Å²) in [4.78, 5) is 0. The van der Waals surface area contributed by atoms with Gasteiger partial charge >= 0.3 is 0 Å². The van der Waals surface area contributed by atoms with Crippen LogP contribution in [0.1, 0.15) is 13.8 Å². The van der Waals surface area contributed by atoms with E-state index in [0.717, 1.165) is 0 Å². The van der Waals surface area contributed by atoms with Crippen LogP contribution in [0.15, 0.2) is 0 Å². The maximum atomic E-state index is 9.26. The van der Waals surface area contributed by atoms with Gasteiger partial charge in [0.15, 0.2) is 0 Å². The Kier molecular flexibility index (Phi) is 2.49. The van der Waals surface area contributed by atoms with Gasteiger partial charge in [0.05, 0.1) is 12.2 Å². The second kappa shape index (κ2) is 3.06. The molecule has 0 spiro atoms. The van der Waals surface area contributed by atoms with Crippen LogP contribution in [0.2, 0.25) is 0 Å². The van der Waals surface area contributed by atoms with Gasteiger partial charge in [0.2, 0.25) is 0 Å². The fourth-order valence-corrected chi connectivity index (χ4v) is 1.28. The van der Waals surface area contributed by atoms with Crippen molar-refractivity contribution in [3.8, 4) is 0 Å². The van der Waals surface area contributed by atoms with Gasteiger partial charge in [-0.05, 0) is 13.8 Å². The maximum absolute atomic E-state index is 9.26. The van der Waals surface area contributed by atoms with E-state index in [9.17, 15) is 10.2 Å². The summed E-state index contributed by atoms with van der Waals surface area (Å²) in [5.41, 5.74) is 0. The summed E-state index contributed by atoms with van der Waals surface area (Å²) >= 11 is 0. The van der Waals surface area contributed by atoms with Crippen LogP contribution < -0.4 is 0 Å². The monoisotopic (exact) mass is 162 g/mol. The van der Waals surface area contributed by atoms with Crippen LogP contribution in [0.4, 0.5) is 0 Å². The highest BCUT2D eigenvalue weighted by Gasteiger charge is 2.42. The molecule has 66 valence electrons. The summed E-state index contributed by atoms with van der Waals surface area (Å²) in [5.74, 6) is 0. The maximum Gasteiger partial charge on any atom is 0.112 e. The van der Waals surface area contributed by atoms with Crippen molar-refractivity contribution in [1.29, 1.82) is 0 Å². The lowest BCUT2D eigenvalue weighted by Gasteiger charge is -2.16. The molecule has 1 rings (SSSR count). The first-order valence-electron chi connectivity index (χ1n) is 3.73. The van der Waals surface area contributed by atoms with E-state index in [1.54, 1.807) is 6.92 Å². The van der Waals surface area contributed by atoms with Gasteiger partial charge in [-0.25, -0.2) is 0 Å². The van der Waals surface area contributed by atoms with Gasteiger partial charge < -0.3 is 20.1 Å². The Labute approximate surface area is 65.4 Å². The quantitative estimate of drug-likeness (QED) is 0.456. The van der Waals surface area contributed by atoms with Gasteiger partial charge in [-0.15, -0.1) is 0 Å². The van der Waals surface area contributed by atoms with Crippen LogP contribution in [-0.2, 0) is 4.74 Å². The third-order valence-corrected chi connectivity index (χ3v) is 2.01.